The molecule has 19 heavy (non-hydrogen) atoms. The summed E-state index contributed by atoms with van der Waals surface area (Å²) in [5.41, 5.74) is 2.46. The summed E-state index contributed by atoms with van der Waals surface area (Å²) < 4.78 is 0. The van der Waals surface area contributed by atoms with Crippen molar-refractivity contribution in [3.8, 4) is 0 Å². The van der Waals surface area contributed by atoms with Crippen LogP contribution in [0.2, 0.25) is 5.02 Å². The van der Waals surface area contributed by atoms with Gasteiger partial charge in [0.25, 0.3) is 0 Å². The van der Waals surface area contributed by atoms with Gasteiger partial charge in [0.15, 0.2) is 0 Å². The summed E-state index contributed by atoms with van der Waals surface area (Å²) in [6.07, 6.45) is 5.77. The molecule has 0 amide bonds. The van der Waals surface area contributed by atoms with E-state index in [0.717, 1.165) is 24.4 Å². The monoisotopic (exact) mass is 274 g/mol. The van der Waals surface area contributed by atoms with Crippen molar-refractivity contribution < 1.29 is 0 Å². The highest BCUT2D eigenvalue weighted by Crippen LogP contribution is 2.20. The smallest absolute Gasteiger partial charge is 0.0408 e. The number of nitrogens with one attached hydrogen (secondary N) is 1. The third kappa shape index (κ3) is 4.34. The summed E-state index contributed by atoms with van der Waals surface area (Å²) >= 11 is 6.05. The molecule has 0 spiro atoms. The van der Waals surface area contributed by atoms with Gasteiger partial charge in [-0.15, -0.1) is 0 Å². The predicted octanol–water partition coefficient (Wildman–Crippen LogP) is 4.02. The second kappa shape index (κ2) is 7.27. The highest BCUT2D eigenvalue weighted by Gasteiger charge is 2.11. The Kier molecular flexibility index (Phi) is 5.37. The van der Waals surface area contributed by atoms with Crippen LogP contribution in [0.3, 0.4) is 0 Å². The third-order valence-corrected chi connectivity index (χ3v) is 3.29. The van der Waals surface area contributed by atoms with Crippen molar-refractivity contribution in [3.63, 3.8) is 0 Å². The van der Waals surface area contributed by atoms with Crippen LogP contribution in [0.1, 0.15) is 30.5 Å². The molecule has 0 saturated carbocycles. The minimum Gasteiger partial charge on any atom is -0.310 e. The minimum absolute atomic E-state index is 0.284. The summed E-state index contributed by atoms with van der Waals surface area (Å²) in [6.45, 7) is 3.17. The van der Waals surface area contributed by atoms with E-state index in [9.17, 15) is 0 Å². The van der Waals surface area contributed by atoms with Crippen LogP contribution in [0, 0.1) is 0 Å². The first kappa shape index (κ1) is 14.0. The van der Waals surface area contributed by atoms with Crippen molar-refractivity contribution in [1.29, 1.82) is 0 Å². The quantitative estimate of drug-likeness (QED) is 0.861. The van der Waals surface area contributed by atoms with Crippen LogP contribution in [-0.2, 0) is 6.42 Å². The first-order chi connectivity index (χ1) is 9.29. The maximum atomic E-state index is 6.05. The maximum Gasteiger partial charge on any atom is 0.0408 e. The Labute approximate surface area is 119 Å². The second-order valence-electron chi connectivity index (χ2n) is 4.63. The summed E-state index contributed by atoms with van der Waals surface area (Å²) in [7, 11) is 0. The van der Waals surface area contributed by atoms with Gasteiger partial charge in [-0.1, -0.05) is 36.7 Å². The van der Waals surface area contributed by atoms with E-state index in [1.54, 1.807) is 6.20 Å². The Balaban J connectivity index is 2.14. The molecule has 0 fully saturated rings. The van der Waals surface area contributed by atoms with Gasteiger partial charge in [0.1, 0.15) is 0 Å². The fourth-order valence-corrected chi connectivity index (χ4v) is 2.32. The number of aromatic nitrogens is 1. The molecule has 1 N–H and O–H groups in total. The molecule has 2 aromatic rings. The van der Waals surface area contributed by atoms with E-state index in [4.69, 9.17) is 11.6 Å². The fourth-order valence-electron chi connectivity index (χ4n) is 2.11. The molecule has 0 aliphatic rings. The van der Waals surface area contributed by atoms with Crippen LogP contribution >= 0.6 is 11.6 Å². The molecule has 1 heterocycles. The molecule has 0 aliphatic carbocycles. The molecule has 1 aromatic carbocycles. The second-order valence-corrected chi connectivity index (χ2v) is 5.06. The van der Waals surface area contributed by atoms with E-state index in [0.29, 0.717) is 0 Å². The molecule has 2 nitrogen and oxygen atoms in total. The van der Waals surface area contributed by atoms with Crippen molar-refractivity contribution in [2.75, 3.05) is 6.54 Å². The Bertz CT molecular complexity index is 499. The van der Waals surface area contributed by atoms with Gasteiger partial charge in [0.05, 0.1) is 0 Å². The zero-order chi connectivity index (χ0) is 13.5. The average Bonchev–Trinajstić information content (AvgIpc) is 2.44. The fraction of sp³-hybridized carbons (Fsp3) is 0.312. The number of hydrogen-bond donors (Lipinski definition) is 1. The number of rotatable bonds is 6. The average molecular weight is 275 g/mol. The van der Waals surface area contributed by atoms with Gasteiger partial charge in [-0.25, -0.2) is 0 Å². The van der Waals surface area contributed by atoms with Gasteiger partial charge in [0, 0.05) is 23.5 Å². The van der Waals surface area contributed by atoms with E-state index >= 15 is 0 Å². The molecular formula is C16H19ClN2. The van der Waals surface area contributed by atoms with E-state index in [-0.39, 0.29) is 6.04 Å². The van der Waals surface area contributed by atoms with Crippen LogP contribution in [0.25, 0.3) is 0 Å². The molecule has 0 aliphatic heterocycles. The summed E-state index contributed by atoms with van der Waals surface area (Å²) in [4.78, 5) is 4.21. The largest absolute Gasteiger partial charge is 0.310 e. The molecule has 1 aromatic heterocycles. The van der Waals surface area contributed by atoms with Crippen molar-refractivity contribution in [3.05, 3.63) is 64.9 Å². The standard InChI is InChI=1S/C16H19ClN2/c1-2-8-19-16(14-6-4-9-18-12-14)11-13-5-3-7-15(17)10-13/h3-7,9-10,12,16,19H,2,8,11H2,1H3. The zero-order valence-electron chi connectivity index (χ0n) is 11.1. The number of pyridine rings is 1. The van der Waals surface area contributed by atoms with Gasteiger partial charge in [-0.3, -0.25) is 4.98 Å². The molecule has 3 heteroatoms. The minimum atomic E-state index is 0.284. The summed E-state index contributed by atoms with van der Waals surface area (Å²) in [5, 5.41) is 4.36. The SMILES string of the molecule is CCCNC(Cc1cccc(Cl)c1)c1cccnc1. The van der Waals surface area contributed by atoms with Gasteiger partial charge in [0.2, 0.25) is 0 Å². The van der Waals surface area contributed by atoms with Crippen LogP contribution < -0.4 is 5.32 Å². The van der Waals surface area contributed by atoms with E-state index in [1.165, 1.54) is 11.1 Å². The molecule has 1 unspecified atom stereocenters. The van der Waals surface area contributed by atoms with Crippen LogP contribution in [0.5, 0.6) is 0 Å². The first-order valence-corrected chi connectivity index (χ1v) is 7.05. The normalized spacial score (nSPS) is 12.3. The molecular weight excluding hydrogens is 256 g/mol. The number of halogens is 1. The lowest BCUT2D eigenvalue weighted by Crippen LogP contribution is -2.24. The van der Waals surface area contributed by atoms with Crippen LogP contribution in [0.15, 0.2) is 48.8 Å². The molecule has 0 bridgehead atoms. The van der Waals surface area contributed by atoms with Crippen molar-refractivity contribution >= 4 is 11.6 Å². The Morgan fingerprint density at radius 3 is 2.84 bits per heavy atom. The molecule has 2 rings (SSSR count). The lowest BCUT2D eigenvalue weighted by atomic mass is 10.00. The van der Waals surface area contributed by atoms with Crippen molar-refractivity contribution in [2.24, 2.45) is 0 Å². The van der Waals surface area contributed by atoms with E-state index in [2.05, 4.69) is 29.4 Å². The summed E-state index contributed by atoms with van der Waals surface area (Å²) in [5.74, 6) is 0. The first-order valence-electron chi connectivity index (χ1n) is 6.67. The maximum absolute atomic E-state index is 6.05. The zero-order valence-corrected chi connectivity index (χ0v) is 11.9. The van der Waals surface area contributed by atoms with Gasteiger partial charge >= 0.3 is 0 Å². The highest BCUT2D eigenvalue weighted by molar-refractivity contribution is 6.30. The predicted molar refractivity (Wildman–Crippen MR) is 80.4 cm³/mol. The summed E-state index contributed by atoms with van der Waals surface area (Å²) in [6, 6.07) is 12.4. The number of benzene rings is 1. The van der Waals surface area contributed by atoms with E-state index < -0.39 is 0 Å². The number of nitrogens with zero attached hydrogens (tertiary/aromatic N) is 1. The highest BCUT2D eigenvalue weighted by atomic mass is 35.5. The van der Waals surface area contributed by atoms with Gasteiger partial charge in [-0.05, 0) is 48.7 Å². The van der Waals surface area contributed by atoms with Crippen LogP contribution in [-0.4, -0.2) is 11.5 Å². The lowest BCUT2D eigenvalue weighted by Gasteiger charge is -2.19. The van der Waals surface area contributed by atoms with Crippen molar-refractivity contribution in [1.82, 2.24) is 10.3 Å². The Morgan fingerprint density at radius 2 is 2.16 bits per heavy atom. The topological polar surface area (TPSA) is 24.9 Å². The molecule has 0 saturated heterocycles. The molecule has 100 valence electrons. The molecule has 1 atom stereocenters. The van der Waals surface area contributed by atoms with Gasteiger partial charge in [-0.2, -0.15) is 0 Å². The van der Waals surface area contributed by atoms with Crippen molar-refractivity contribution in [2.45, 2.75) is 25.8 Å². The van der Waals surface area contributed by atoms with Gasteiger partial charge < -0.3 is 5.32 Å². The third-order valence-electron chi connectivity index (χ3n) is 3.06. The Morgan fingerprint density at radius 1 is 1.26 bits per heavy atom. The molecule has 0 radical (unpaired) electrons. The number of hydrogen-bond acceptors (Lipinski definition) is 2. The van der Waals surface area contributed by atoms with E-state index in [1.807, 2.05) is 30.5 Å². The Hall–Kier alpha value is -1.38. The van der Waals surface area contributed by atoms with Crippen LogP contribution in [0.4, 0.5) is 0 Å². The lowest BCUT2D eigenvalue weighted by molar-refractivity contribution is 0.528.